The molecule has 21 heavy (non-hydrogen) atoms. The average molecular weight is 382 g/mol. The molecule has 1 aromatic heterocycles. The molecule has 1 unspecified atom stereocenters. The van der Waals surface area contributed by atoms with Gasteiger partial charge in [0.25, 0.3) is 0 Å². The number of rotatable bonds is 3. The molecular weight excluding hydrogens is 368 g/mol. The second-order valence-electron chi connectivity index (χ2n) is 4.87. The van der Waals surface area contributed by atoms with Crippen molar-refractivity contribution < 1.29 is 4.74 Å². The molecule has 3 aromatic rings. The molecule has 1 atom stereocenters. The Kier molecular flexibility index (Phi) is 4.25. The molecular formula is C17H14BrClOS. The summed E-state index contributed by atoms with van der Waals surface area (Å²) in [6.07, 6.45) is 0. The largest absolute Gasteiger partial charge is 0.496 e. The highest BCUT2D eigenvalue weighted by molar-refractivity contribution is 9.11. The molecule has 2 aromatic carbocycles. The zero-order chi connectivity index (χ0) is 15.0. The summed E-state index contributed by atoms with van der Waals surface area (Å²) in [7, 11) is 1.69. The van der Waals surface area contributed by atoms with Gasteiger partial charge in [-0.2, -0.15) is 0 Å². The summed E-state index contributed by atoms with van der Waals surface area (Å²) in [5, 5.41) is 2.07. The van der Waals surface area contributed by atoms with Crippen LogP contribution in [0.1, 0.15) is 21.4 Å². The first-order valence-corrected chi connectivity index (χ1v) is 8.62. The van der Waals surface area contributed by atoms with Crippen LogP contribution < -0.4 is 4.74 Å². The van der Waals surface area contributed by atoms with Crippen molar-refractivity contribution >= 4 is 49.6 Å². The molecule has 0 saturated heterocycles. The number of hydrogen-bond acceptors (Lipinski definition) is 2. The highest BCUT2D eigenvalue weighted by Gasteiger charge is 2.18. The van der Waals surface area contributed by atoms with Crippen molar-refractivity contribution in [2.24, 2.45) is 0 Å². The van der Waals surface area contributed by atoms with E-state index < -0.39 is 0 Å². The van der Waals surface area contributed by atoms with E-state index in [0.717, 1.165) is 30.7 Å². The molecule has 0 radical (unpaired) electrons. The molecule has 1 heterocycles. The number of hydrogen-bond donors (Lipinski definition) is 0. The van der Waals surface area contributed by atoms with Crippen LogP contribution in [-0.4, -0.2) is 7.11 Å². The number of methoxy groups -OCH3 is 1. The van der Waals surface area contributed by atoms with Crippen LogP contribution in [0.2, 0.25) is 0 Å². The average Bonchev–Trinajstić information content (AvgIpc) is 2.85. The van der Waals surface area contributed by atoms with E-state index in [1.807, 2.05) is 18.2 Å². The molecule has 108 valence electrons. The number of benzene rings is 2. The van der Waals surface area contributed by atoms with E-state index in [1.54, 1.807) is 18.4 Å². The fourth-order valence-corrected chi connectivity index (χ4v) is 4.41. The third-order valence-electron chi connectivity index (χ3n) is 3.54. The molecule has 0 aliphatic heterocycles. The van der Waals surface area contributed by atoms with Crippen LogP contribution in [0.25, 0.3) is 10.8 Å². The first-order valence-electron chi connectivity index (χ1n) is 6.57. The molecule has 0 aliphatic rings. The summed E-state index contributed by atoms with van der Waals surface area (Å²) >= 11 is 12.0. The van der Waals surface area contributed by atoms with E-state index >= 15 is 0 Å². The highest BCUT2D eigenvalue weighted by Crippen LogP contribution is 2.41. The Balaban J connectivity index is 2.16. The molecule has 0 fully saturated rings. The fraction of sp³-hybridized carbons (Fsp3) is 0.176. The Morgan fingerprint density at radius 1 is 1.14 bits per heavy atom. The third kappa shape index (κ3) is 2.70. The predicted octanol–water partition coefficient (Wildman–Crippen LogP) is 6.31. The van der Waals surface area contributed by atoms with Gasteiger partial charge in [0.05, 0.1) is 16.3 Å². The zero-order valence-electron chi connectivity index (χ0n) is 11.7. The Labute approximate surface area is 141 Å². The monoisotopic (exact) mass is 380 g/mol. The minimum atomic E-state index is -0.157. The highest BCUT2D eigenvalue weighted by atomic mass is 79.9. The van der Waals surface area contributed by atoms with E-state index in [9.17, 15) is 0 Å². The maximum atomic E-state index is 6.74. The van der Waals surface area contributed by atoms with Gasteiger partial charge in [-0.15, -0.1) is 22.9 Å². The number of thiophene rings is 1. The van der Waals surface area contributed by atoms with Gasteiger partial charge in [0.15, 0.2) is 0 Å². The maximum Gasteiger partial charge on any atom is 0.126 e. The first kappa shape index (κ1) is 14.9. The molecule has 1 nitrogen and oxygen atoms in total. The summed E-state index contributed by atoms with van der Waals surface area (Å²) in [5.41, 5.74) is 2.33. The van der Waals surface area contributed by atoms with Gasteiger partial charge >= 0.3 is 0 Å². The van der Waals surface area contributed by atoms with E-state index in [0.29, 0.717) is 0 Å². The smallest absolute Gasteiger partial charge is 0.126 e. The van der Waals surface area contributed by atoms with E-state index in [2.05, 4.69) is 47.1 Å². The minimum absolute atomic E-state index is 0.157. The van der Waals surface area contributed by atoms with E-state index in [-0.39, 0.29) is 5.38 Å². The number of fused-ring (bicyclic) bond motifs is 1. The maximum absolute atomic E-state index is 6.74. The van der Waals surface area contributed by atoms with Crippen LogP contribution in [0.15, 0.2) is 46.3 Å². The van der Waals surface area contributed by atoms with Crippen LogP contribution in [0.3, 0.4) is 0 Å². The Bertz CT molecular complexity index is 777. The lowest BCUT2D eigenvalue weighted by Gasteiger charge is -2.14. The predicted molar refractivity (Wildman–Crippen MR) is 95.0 cm³/mol. The van der Waals surface area contributed by atoms with Crippen LogP contribution in [0.4, 0.5) is 0 Å². The molecule has 3 rings (SSSR count). The summed E-state index contributed by atoms with van der Waals surface area (Å²) < 4.78 is 6.58. The van der Waals surface area contributed by atoms with Crippen molar-refractivity contribution in [1.29, 1.82) is 0 Å². The molecule has 0 bridgehead atoms. The number of halogens is 2. The lowest BCUT2D eigenvalue weighted by atomic mass is 10.0. The number of alkyl halides is 1. The Morgan fingerprint density at radius 3 is 2.48 bits per heavy atom. The van der Waals surface area contributed by atoms with Crippen LogP contribution >= 0.6 is 38.9 Å². The first-order chi connectivity index (χ1) is 10.1. The summed E-state index contributed by atoms with van der Waals surface area (Å²) in [5.74, 6) is 0.877. The van der Waals surface area contributed by atoms with Gasteiger partial charge in [0.2, 0.25) is 0 Å². The minimum Gasteiger partial charge on any atom is -0.496 e. The fourth-order valence-electron chi connectivity index (χ4n) is 2.46. The van der Waals surface area contributed by atoms with Gasteiger partial charge in [-0.3, -0.25) is 0 Å². The van der Waals surface area contributed by atoms with E-state index in [4.69, 9.17) is 16.3 Å². The molecule has 0 aliphatic carbocycles. The van der Waals surface area contributed by atoms with Gasteiger partial charge < -0.3 is 4.74 Å². The molecule has 0 N–H and O–H groups in total. The molecule has 4 heteroatoms. The molecule has 0 amide bonds. The van der Waals surface area contributed by atoms with Crippen molar-refractivity contribution in [3.63, 3.8) is 0 Å². The van der Waals surface area contributed by atoms with Crippen molar-refractivity contribution in [3.05, 3.63) is 62.3 Å². The van der Waals surface area contributed by atoms with Crippen LogP contribution in [0.5, 0.6) is 5.75 Å². The van der Waals surface area contributed by atoms with Gasteiger partial charge in [0.1, 0.15) is 5.75 Å². The second-order valence-corrected chi connectivity index (χ2v) is 7.71. The van der Waals surface area contributed by atoms with E-state index in [1.165, 1.54) is 5.56 Å². The summed E-state index contributed by atoms with van der Waals surface area (Å²) in [6.45, 7) is 2.08. The van der Waals surface area contributed by atoms with Gasteiger partial charge in [-0.05, 0) is 51.5 Å². The van der Waals surface area contributed by atoms with Gasteiger partial charge in [0, 0.05) is 10.3 Å². The van der Waals surface area contributed by atoms with Crippen molar-refractivity contribution in [1.82, 2.24) is 0 Å². The van der Waals surface area contributed by atoms with Crippen molar-refractivity contribution in [2.45, 2.75) is 12.3 Å². The lowest BCUT2D eigenvalue weighted by molar-refractivity contribution is 0.419. The lowest BCUT2D eigenvalue weighted by Crippen LogP contribution is -1.94. The Hall–Kier alpha value is -1.03. The quantitative estimate of drug-likeness (QED) is 0.483. The number of aryl methyl sites for hydroxylation is 1. The van der Waals surface area contributed by atoms with Gasteiger partial charge in [-0.25, -0.2) is 0 Å². The normalized spacial score (nSPS) is 12.6. The summed E-state index contributed by atoms with van der Waals surface area (Å²) in [4.78, 5) is 1.15. The SMILES string of the molecule is COc1ccc(C(Cl)c2cc(C)c(Br)s2)c2ccccc12. The third-order valence-corrected chi connectivity index (χ3v) is 6.34. The second kappa shape index (κ2) is 5.99. The number of ether oxygens (including phenoxy) is 1. The van der Waals surface area contributed by atoms with Gasteiger partial charge in [-0.1, -0.05) is 30.3 Å². The standard InChI is InChI=1S/C17H14BrClOS/c1-10-9-15(21-17(10)18)16(19)13-7-8-14(20-2)12-6-4-3-5-11(12)13/h3-9,16H,1-2H3. The van der Waals surface area contributed by atoms with Crippen LogP contribution in [0, 0.1) is 6.92 Å². The Morgan fingerprint density at radius 2 is 1.86 bits per heavy atom. The zero-order valence-corrected chi connectivity index (χ0v) is 14.8. The molecule has 0 spiro atoms. The van der Waals surface area contributed by atoms with Crippen LogP contribution in [-0.2, 0) is 0 Å². The molecule has 0 saturated carbocycles. The topological polar surface area (TPSA) is 9.23 Å². The van der Waals surface area contributed by atoms with Crippen molar-refractivity contribution in [2.75, 3.05) is 7.11 Å². The van der Waals surface area contributed by atoms with Crippen molar-refractivity contribution in [3.8, 4) is 5.75 Å². The summed E-state index contributed by atoms with van der Waals surface area (Å²) in [6, 6.07) is 14.4.